The minimum Gasteiger partial charge on any atom is -0.488 e. The topological polar surface area (TPSA) is 96.0 Å². The first-order valence-electron chi connectivity index (χ1n) is 10.7. The zero-order valence-corrected chi connectivity index (χ0v) is 18.5. The van der Waals surface area contributed by atoms with Crippen LogP contribution >= 0.6 is 11.8 Å². The number of rotatable bonds is 7. The van der Waals surface area contributed by atoms with Gasteiger partial charge in [0.25, 0.3) is 0 Å². The van der Waals surface area contributed by atoms with Gasteiger partial charge in [0.05, 0.1) is 11.7 Å². The Hall–Kier alpha value is -3.10. The summed E-state index contributed by atoms with van der Waals surface area (Å²) in [5.74, 6) is 2.13. The molecular weight excluding hydrogens is 422 g/mol. The van der Waals surface area contributed by atoms with Gasteiger partial charge in [0.15, 0.2) is 11.5 Å². The molecule has 1 fully saturated rings. The average molecular weight is 448 g/mol. The Morgan fingerprint density at radius 1 is 1.09 bits per heavy atom. The first-order valence-corrected chi connectivity index (χ1v) is 11.9. The van der Waals surface area contributed by atoms with E-state index in [-0.39, 0.29) is 17.4 Å². The van der Waals surface area contributed by atoms with Gasteiger partial charge < -0.3 is 20.1 Å². The van der Waals surface area contributed by atoms with Crippen molar-refractivity contribution in [2.75, 3.05) is 11.6 Å². The zero-order valence-electron chi connectivity index (χ0n) is 17.7. The molecule has 0 aliphatic heterocycles. The number of nitrogens with one attached hydrogen (secondary N) is 2. The van der Waals surface area contributed by atoms with E-state index in [2.05, 4.69) is 20.3 Å². The maximum Gasteiger partial charge on any atom is 0.183 e. The molecule has 3 atom stereocenters. The number of aromatic nitrogens is 4. The third-order valence-corrected chi connectivity index (χ3v) is 6.90. The normalized spacial score (nSPS) is 20.5. The predicted molar refractivity (Wildman–Crippen MR) is 128 cm³/mol. The lowest BCUT2D eigenvalue weighted by molar-refractivity contribution is 0.187. The molecule has 2 aromatic heterocycles. The number of nitrogens with zero attached hydrogens (tertiary/aromatic N) is 3. The largest absolute Gasteiger partial charge is 0.488 e. The molecule has 0 spiro atoms. The number of thioether (sulfide) groups is 1. The molecule has 0 amide bonds. The molecule has 5 rings (SSSR count). The first-order chi connectivity index (χ1) is 15.7. The van der Waals surface area contributed by atoms with Crippen LogP contribution in [0, 0.1) is 0 Å². The third kappa shape index (κ3) is 4.28. The van der Waals surface area contributed by atoms with E-state index in [0.29, 0.717) is 30.3 Å². The van der Waals surface area contributed by atoms with Crippen LogP contribution in [0.25, 0.3) is 22.6 Å². The molecule has 32 heavy (non-hydrogen) atoms. The summed E-state index contributed by atoms with van der Waals surface area (Å²) in [7, 11) is 0. The number of hydrogen-bond acceptors (Lipinski definition) is 7. The summed E-state index contributed by atoms with van der Waals surface area (Å²) in [6, 6.07) is 18.1. The molecule has 7 nitrogen and oxygen atoms in total. The number of aromatic amines is 1. The molecule has 0 bridgehead atoms. The van der Waals surface area contributed by atoms with Crippen molar-refractivity contribution in [3.8, 4) is 17.1 Å². The van der Waals surface area contributed by atoms with Gasteiger partial charge in [-0.2, -0.15) is 11.8 Å². The minimum absolute atomic E-state index is 0.161. The molecule has 4 aromatic rings. The highest BCUT2D eigenvalue weighted by Crippen LogP contribution is 2.33. The Balaban J connectivity index is 1.41. The number of para-hydroxylation sites is 1. The molecule has 0 radical (unpaired) electrons. The molecular formula is C24H25N5O2S. The fourth-order valence-electron chi connectivity index (χ4n) is 4.13. The average Bonchev–Trinajstić information content (AvgIpc) is 3.42. The molecule has 2 heterocycles. The molecule has 164 valence electrons. The van der Waals surface area contributed by atoms with Crippen LogP contribution in [0.5, 0.6) is 5.75 Å². The van der Waals surface area contributed by atoms with Gasteiger partial charge in [-0.1, -0.05) is 42.5 Å². The van der Waals surface area contributed by atoms with Crippen LogP contribution in [0.3, 0.4) is 0 Å². The Kier molecular flexibility index (Phi) is 5.96. The van der Waals surface area contributed by atoms with E-state index in [9.17, 15) is 5.11 Å². The van der Waals surface area contributed by atoms with Gasteiger partial charge >= 0.3 is 0 Å². The van der Waals surface area contributed by atoms with Gasteiger partial charge in [-0.05, 0) is 36.8 Å². The van der Waals surface area contributed by atoms with Crippen molar-refractivity contribution < 1.29 is 9.84 Å². The second-order valence-electron chi connectivity index (χ2n) is 7.93. The summed E-state index contributed by atoms with van der Waals surface area (Å²) in [6.07, 6.45) is 4.85. The van der Waals surface area contributed by atoms with Crippen molar-refractivity contribution in [3.05, 3.63) is 66.5 Å². The van der Waals surface area contributed by atoms with Crippen molar-refractivity contribution in [3.63, 3.8) is 0 Å². The van der Waals surface area contributed by atoms with E-state index in [1.54, 1.807) is 11.8 Å². The molecule has 1 aliphatic carbocycles. The summed E-state index contributed by atoms with van der Waals surface area (Å²) in [5.41, 5.74) is 3.32. The Bertz CT molecular complexity index is 1200. The number of fused-ring (bicyclic) bond motifs is 1. The van der Waals surface area contributed by atoms with Crippen LogP contribution in [0.2, 0.25) is 0 Å². The van der Waals surface area contributed by atoms with E-state index >= 15 is 0 Å². The molecule has 0 unspecified atom stereocenters. The van der Waals surface area contributed by atoms with Crippen molar-refractivity contribution in [2.45, 2.75) is 36.8 Å². The third-order valence-electron chi connectivity index (χ3n) is 5.78. The van der Waals surface area contributed by atoms with Crippen LogP contribution in [-0.2, 0) is 6.61 Å². The summed E-state index contributed by atoms with van der Waals surface area (Å²) >= 11 is 1.71. The molecule has 2 aromatic carbocycles. The number of H-pyrrole nitrogens is 1. The summed E-state index contributed by atoms with van der Waals surface area (Å²) < 4.78 is 6.11. The molecule has 0 saturated heterocycles. The number of hydrogen-bond donors (Lipinski definition) is 3. The van der Waals surface area contributed by atoms with Crippen LogP contribution in [0.4, 0.5) is 5.82 Å². The lowest BCUT2D eigenvalue weighted by Gasteiger charge is -2.13. The molecule has 1 aliphatic rings. The highest BCUT2D eigenvalue weighted by molar-refractivity contribution is 7.99. The number of imidazole rings is 1. The maximum absolute atomic E-state index is 10.2. The quantitative estimate of drug-likeness (QED) is 0.389. The van der Waals surface area contributed by atoms with Gasteiger partial charge in [0.2, 0.25) is 0 Å². The molecule has 8 heteroatoms. The fraction of sp³-hybridized carbons (Fsp3) is 0.292. The number of aliphatic hydroxyl groups excluding tert-OH is 1. The summed E-state index contributed by atoms with van der Waals surface area (Å²) in [5, 5.41) is 14.0. The second-order valence-corrected chi connectivity index (χ2v) is 9.01. The highest BCUT2D eigenvalue weighted by Gasteiger charge is 2.33. The van der Waals surface area contributed by atoms with E-state index in [0.717, 1.165) is 28.8 Å². The Morgan fingerprint density at radius 2 is 1.91 bits per heavy atom. The fourth-order valence-corrected chi connectivity index (χ4v) is 4.98. The lowest BCUT2D eigenvalue weighted by atomic mass is 10.2. The minimum atomic E-state index is -0.300. The van der Waals surface area contributed by atoms with Crippen LogP contribution in [0.15, 0.2) is 60.9 Å². The van der Waals surface area contributed by atoms with Gasteiger partial charge in [0.1, 0.15) is 30.0 Å². The number of ether oxygens (including phenoxy) is 1. The molecule has 3 N–H and O–H groups in total. The molecule has 1 saturated carbocycles. The first kappa shape index (κ1) is 20.8. The van der Waals surface area contributed by atoms with Gasteiger partial charge in [-0.15, -0.1) is 0 Å². The number of benzene rings is 2. The van der Waals surface area contributed by atoms with E-state index in [1.807, 2.05) is 60.9 Å². The zero-order chi connectivity index (χ0) is 21.9. The SMILES string of the molecule is CS[C@H]1C[C@H](Nc2ncnc3nc(-c4ccccc4OCc4ccccc4)[nH]c23)C[C@@H]1O. The van der Waals surface area contributed by atoms with Crippen molar-refractivity contribution in [1.82, 2.24) is 19.9 Å². The van der Waals surface area contributed by atoms with E-state index < -0.39 is 0 Å². The monoisotopic (exact) mass is 447 g/mol. The van der Waals surface area contributed by atoms with Crippen molar-refractivity contribution in [1.29, 1.82) is 0 Å². The smallest absolute Gasteiger partial charge is 0.183 e. The van der Waals surface area contributed by atoms with Crippen molar-refractivity contribution >= 4 is 28.7 Å². The second kappa shape index (κ2) is 9.18. The summed E-state index contributed by atoms with van der Waals surface area (Å²) in [6.45, 7) is 0.477. The standard InChI is InChI=1S/C24H25N5O2S/c1-32-20-12-16(11-18(20)30)27-23-21-24(26-14-25-23)29-22(28-21)17-9-5-6-10-19(17)31-13-15-7-3-2-4-8-15/h2-10,14,16,18,20,30H,11-13H2,1H3,(H2,25,26,27,28,29)/t16-,18+,20+/m1/s1. The maximum atomic E-state index is 10.2. The Morgan fingerprint density at radius 3 is 2.72 bits per heavy atom. The van der Waals surface area contributed by atoms with Gasteiger partial charge in [-0.3, -0.25) is 0 Å². The van der Waals surface area contributed by atoms with E-state index in [1.165, 1.54) is 6.33 Å². The summed E-state index contributed by atoms with van der Waals surface area (Å²) in [4.78, 5) is 16.9. The van der Waals surface area contributed by atoms with Crippen LogP contribution < -0.4 is 10.1 Å². The van der Waals surface area contributed by atoms with Crippen LogP contribution in [0.1, 0.15) is 18.4 Å². The number of anilines is 1. The van der Waals surface area contributed by atoms with Crippen molar-refractivity contribution in [2.24, 2.45) is 0 Å². The van der Waals surface area contributed by atoms with Gasteiger partial charge in [0, 0.05) is 11.3 Å². The highest BCUT2D eigenvalue weighted by atomic mass is 32.2. The number of aliphatic hydroxyl groups is 1. The van der Waals surface area contributed by atoms with Crippen LogP contribution in [-0.4, -0.2) is 48.7 Å². The van der Waals surface area contributed by atoms with Gasteiger partial charge in [-0.25, -0.2) is 15.0 Å². The van der Waals surface area contributed by atoms with E-state index in [4.69, 9.17) is 9.72 Å². The predicted octanol–water partition coefficient (Wildman–Crippen LogP) is 4.27. The Labute approximate surface area is 190 Å². The lowest BCUT2D eigenvalue weighted by Crippen LogP contribution is -2.17.